The molecule has 0 aliphatic heterocycles. The quantitative estimate of drug-likeness (QED) is 0.540. The molecule has 0 fully saturated rings. The molecule has 0 amide bonds. The van der Waals surface area contributed by atoms with Gasteiger partial charge >= 0.3 is 0 Å². The Kier molecular flexibility index (Phi) is 3.38. The van der Waals surface area contributed by atoms with Crippen LogP contribution in [0.5, 0.6) is 0 Å². The number of thioether (sulfide) groups is 1. The number of halogens is 1. The average Bonchev–Trinajstić information content (AvgIpc) is 1.35. The summed E-state index contributed by atoms with van der Waals surface area (Å²) >= 11 is 6.60. The maximum atomic E-state index is 5.28. The fourth-order valence-electron chi connectivity index (χ4n) is 0.0904. The summed E-state index contributed by atoms with van der Waals surface area (Å²) in [6.07, 6.45) is 0. The van der Waals surface area contributed by atoms with Crippen LogP contribution in [-0.2, 0) is 0 Å². The van der Waals surface area contributed by atoms with Gasteiger partial charge in [0, 0.05) is 0 Å². The lowest BCUT2D eigenvalue weighted by Crippen LogP contribution is -1.42. The van der Waals surface area contributed by atoms with Gasteiger partial charge in [-0.1, -0.05) is 36.5 Å². The minimum absolute atomic E-state index is 0.560. The minimum atomic E-state index is 0.560. The molecule has 0 saturated heterocycles. The van der Waals surface area contributed by atoms with Gasteiger partial charge in [-0.2, -0.15) is 0 Å². The molecule has 0 radical (unpaired) electrons. The average molecular weight is 121 g/mol. The first-order valence-electron chi connectivity index (χ1n) is 1.39. The summed E-state index contributed by atoms with van der Waals surface area (Å²) in [6.45, 7) is 6.82. The van der Waals surface area contributed by atoms with E-state index in [0.717, 1.165) is 0 Å². The zero-order valence-electron chi connectivity index (χ0n) is 3.28. The van der Waals surface area contributed by atoms with E-state index in [1.165, 1.54) is 11.8 Å². The second-order valence-corrected chi connectivity index (χ2v) is 2.38. The van der Waals surface area contributed by atoms with Gasteiger partial charge in [0.1, 0.15) is 0 Å². The van der Waals surface area contributed by atoms with Crippen molar-refractivity contribution < 1.29 is 0 Å². The van der Waals surface area contributed by atoms with Crippen LogP contribution in [0.4, 0.5) is 0 Å². The van der Waals surface area contributed by atoms with E-state index in [4.69, 9.17) is 11.6 Å². The molecule has 0 N–H and O–H groups in total. The molecule has 0 aliphatic rings. The molecular weight excluding hydrogens is 116 g/mol. The highest BCUT2D eigenvalue weighted by atomic mass is 35.5. The number of rotatable bonds is 2. The summed E-state index contributed by atoms with van der Waals surface area (Å²) in [5.41, 5.74) is 0. The van der Waals surface area contributed by atoms with Crippen LogP contribution < -0.4 is 0 Å². The van der Waals surface area contributed by atoms with Crippen molar-refractivity contribution in [3.05, 3.63) is 22.9 Å². The Hall–Kier alpha value is 0.120. The predicted octanol–water partition coefficient (Wildman–Crippen LogP) is 2.57. The normalized spacial score (nSPS) is 7.50. The summed E-state index contributed by atoms with van der Waals surface area (Å²) in [5, 5.41) is 1.63. The molecule has 0 rings (SSSR count). The first-order chi connectivity index (χ1) is 2.77. The molecule has 0 heterocycles. The van der Waals surface area contributed by atoms with E-state index in [2.05, 4.69) is 13.2 Å². The van der Waals surface area contributed by atoms with E-state index >= 15 is 0 Å². The predicted molar refractivity (Wildman–Crippen MR) is 32.8 cm³/mol. The van der Waals surface area contributed by atoms with Crippen molar-refractivity contribution in [3.63, 3.8) is 0 Å². The molecule has 0 aromatic heterocycles. The SMILES string of the molecule is C=CSC(=C)Cl. The molecule has 0 nitrogen and oxygen atoms in total. The Morgan fingerprint density at radius 3 is 2.33 bits per heavy atom. The van der Waals surface area contributed by atoms with Crippen molar-refractivity contribution in [2.24, 2.45) is 0 Å². The van der Waals surface area contributed by atoms with Crippen LogP contribution in [0.15, 0.2) is 22.9 Å². The topological polar surface area (TPSA) is 0 Å². The highest BCUT2D eigenvalue weighted by Gasteiger charge is 1.75. The Morgan fingerprint density at radius 1 is 1.83 bits per heavy atom. The van der Waals surface area contributed by atoms with Gasteiger partial charge in [-0.15, -0.1) is 0 Å². The summed E-state index contributed by atoms with van der Waals surface area (Å²) in [7, 11) is 0. The molecule has 0 spiro atoms. The van der Waals surface area contributed by atoms with Gasteiger partial charge in [0.25, 0.3) is 0 Å². The standard InChI is InChI=1S/C4H5ClS/c1-3-6-4(2)5/h3H,1-2H2. The number of hydrogen-bond acceptors (Lipinski definition) is 1. The Labute approximate surface area is 46.9 Å². The third kappa shape index (κ3) is 4.12. The van der Waals surface area contributed by atoms with Crippen LogP contribution in [0, 0.1) is 0 Å². The third-order valence-electron chi connectivity index (χ3n) is 0.211. The molecule has 34 valence electrons. The lowest BCUT2D eigenvalue weighted by atomic mass is 11.2. The van der Waals surface area contributed by atoms with Crippen LogP contribution in [0.25, 0.3) is 0 Å². The van der Waals surface area contributed by atoms with Crippen LogP contribution >= 0.6 is 23.4 Å². The van der Waals surface area contributed by atoms with E-state index in [1.807, 2.05) is 0 Å². The summed E-state index contributed by atoms with van der Waals surface area (Å²) in [6, 6.07) is 0. The molecular formula is C4H5ClS. The van der Waals surface area contributed by atoms with Gasteiger partial charge in [0.15, 0.2) is 0 Å². The smallest absolute Gasteiger partial charge is 0.0704 e. The van der Waals surface area contributed by atoms with Crippen LogP contribution in [-0.4, -0.2) is 0 Å². The zero-order chi connectivity index (χ0) is 4.99. The molecule has 6 heavy (non-hydrogen) atoms. The monoisotopic (exact) mass is 120 g/mol. The second kappa shape index (κ2) is 3.32. The van der Waals surface area contributed by atoms with Crippen LogP contribution in [0.2, 0.25) is 0 Å². The van der Waals surface area contributed by atoms with Gasteiger partial charge in [-0.25, -0.2) is 0 Å². The van der Waals surface area contributed by atoms with E-state index in [1.54, 1.807) is 5.41 Å². The first kappa shape index (κ1) is 6.12. The molecule has 0 bridgehead atoms. The van der Waals surface area contributed by atoms with Gasteiger partial charge in [0.2, 0.25) is 0 Å². The van der Waals surface area contributed by atoms with Gasteiger partial charge in [-0.3, -0.25) is 0 Å². The Bertz CT molecular complexity index is 67.9. The van der Waals surface area contributed by atoms with Crippen molar-refractivity contribution in [1.82, 2.24) is 0 Å². The van der Waals surface area contributed by atoms with Gasteiger partial charge in [0.05, 0.1) is 4.36 Å². The Morgan fingerprint density at radius 2 is 2.33 bits per heavy atom. The number of hydrogen-bond donors (Lipinski definition) is 0. The highest BCUT2D eigenvalue weighted by molar-refractivity contribution is 8.07. The zero-order valence-corrected chi connectivity index (χ0v) is 4.85. The van der Waals surface area contributed by atoms with Crippen molar-refractivity contribution in [2.75, 3.05) is 0 Å². The fourth-order valence-corrected chi connectivity index (χ4v) is 0.460. The maximum absolute atomic E-state index is 5.28. The molecule has 2 heteroatoms. The van der Waals surface area contributed by atoms with Gasteiger partial charge < -0.3 is 0 Å². The maximum Gasteiger partial charge on any atom is 0.0704 e. The van der Waals surface area contributed by atoms with Crippen molar-refractivity contribution in [2.45, 2.75) is 0 Å². The van der Waals surface area contributed by atoms with Crippen LogP contribution in [0.1, 0.15) is 0 Å². The van der Waals surface area contributed by atoms with E-state index < -0.39 is 0 Å². The lowest BCUT2D eigenvalue weighted by molar-refractivity contribution is 2.46. The van der Waals surface area contributed by atoms with Crippen molar-refractivity contribution in [1.29, 1.82) is 0 Å². The Balaban J connectivity index is 3.05. The molecule has 0 saturated carbocycles. The molecule has 0 aliphatic carbocycles. The largest absolute Gasteiger partial charge is 0.0923 e. The third-order valence-corrected chi connectivity index (χ3v) is 0.901. The van der Waals surface area contributed by atoms with E-state index in [9.17, 15) is 0 Å². The summed E-state index contributed by atoms with van der Waals surface area (Å²) in [5.74, 6) is 0. The van der Waals surface area contributed by atoms with E-state index in [-0.39, 0.29) is 0 Å². The lowest BCUT2D eigenvalue weighted by Gasteiger charge is -1.79. The second-order valence-electron chi connectivity index (χ2n) is 0.640. The molecule has 0 atom stereocenters. The molecule has 0 unspecified atom stereocenters. The first-order valence-corrected chi connectivity index (χ1v) is 2.65. The highest BCUT2D eigenvalue weighted by Crippen LogP contribution is 2.16. The fraction of sp³-hybridized carbons (Fsp3) is 0. The molecule has 0 aromatic carbocycles. The van der Waals surface area contributed by atoms with Gasteiger partial charge in [-0.05, 0) is 5.41 Å². The van der Waals surface area contributed by atoms with Crippen LogP contribution in [0.3, 0.4) is 0 Å². The summed E-state index contributed by atoms with van der Waals surface area (Å²) in [4.78, 5) is 0. The molecule has 0 aromatic rings. The van der Waals surface area contributed by atoms with E-state index in [0.29, 0.717) is 4.36 Å². The minimum Gasteiger partial charge on any atom is -0.0923 e. The summed E-state index contributed by atoms with van der Waals surface area (Å²) < 4.78 is 0.560. The van der Waals surface area contributed by atoms with Crippen molar-refractivity contribution in [3.8, 4) is 0 Å². The van der Waals surface area contributed by atoms with Crippen molar-refractivity contribution >= 4 is 23.4 Å².